The molecule has 0 unspecified atom stereocenters. The van der Waals surface area contributed by atoms with Crippen molar-refractivity contribution in [3.8, 4) is 0 Å². The van der Waals surface area contributed by atoms with Gasteiger partial charge in [0, 0.05) is 17.2 Å². The summed E-state index contributed by atoms with van der Waals surface area (Å²) < 4.78 is 6.55. The summed E-state index contributed by atoms with van der Waals surface area (Å²) in [5.41, 5.74) is 1.05. The van der Waals surface area contributed by atoms with E-state index in [1.54, 1.807) is 0 Å². The van der Waals surface area contributed by atoms with Crippen LogP contribution in [0.1, 0.15) is 17.2 Å². The lowest BCUT2D eigenvalue weighted by Gasteiger charge is -2.14. The lowest BCUT2D eigenvalue weighted by molar-refractivity contribution is 0.282. The summed E-state index contributed by atoms with van der Waals surface area (Å²) in [6.07, 6.45) is 1.82. The molecule has 0 radical (unpaired) electrons. The van der Waals surface area contributed by atoms with Gasteiger partial charge in [-0.15, -0.1) is 0 Å². The highest BCUT2D eigenvalue weighted by Crippen LogP contribution is 2.12. The van der Waals surface area contributed by atoms with Gasteiger partial charge in [-0.1, -0.05) is 0 Å². The molecule has 0 aromatic carbocycles. The van der Waals surface area contributed by atoms with Gasteiger partial charge < -0.3 is 4.42 Å². The molecule has 4 heteroatoms. The fourth-order valence-electron chi connectivity index (χ4n) is 1.67. The van der Waals surface area contributed by atoms with Crippen LogP contribution in [0.15, 0.2) is 39.4 Å². The highest BCUT2D eigenvalue weighted by molar-refractivity contribution is 9.10. The Bertz CT molecular complexity index is 478. The van der Waals surface area contributed by atoms with E-state index >= 15 is 0 Å². The standard InChI is InChI=1S/C13H15BrN2O/c1-10-3-6-13(17-10)9-16(2)8-12-5-4-11(14)7-15-12/h3-7H,8-9H2,1-2H3. The van der Waals surface area contributed by atoms with E-state index in [0.717, 1.165) is 34.8 Å². The van der Waals surface area contributed by atoms with Gasteiger partial charge in [-0.3, -0.25) is 9.88 Å². The normalized spacial score (nSPS) is 11.1. The van der Waals surface area contributed by atoms with Gasteiger partial charge >= 0.3 is 0 Å². The molecule has 2 aromatic rings. The molecule has 0 N–H and O–H groups in total. The maximum Gasteiger partial charge on any atom is 0.118 e. The molecular weight excluding hydrogens is 280 g/mol. The van der Waals surface area contributed by atoms with Crippen molar-refractivity contribution in [1.29, 1.82) is 0 Å². The molecule has 17 heavy (non-hydrogen) atoms. The van der Waals surface area contributed by atoms with Gasteiger partial charge in [0.2, 0.25) is 0 Å². The largest absolute Gasteiger partial charge is 0.465 e. The Morgan fingerprint density at radius 3 is 2.65 bits per heavy atom. The fraction of sp³-hybridized carbons (Fsp3) is 0.308. The minimum absolute atomic E-state index is 0.797. The van der Waals surface area contributed by atoms with Crippen LogP contribution < -0.4 is 0 Å². The van der Waals surface area contributed by atoms with Crippen molar-refractivity contribution < 1.29 is 4.42 Å². The van der Waals surface area contributed by atoms with E-state index in [1.165, 1.54) is 0 Å². The van der Waals surface area contributed by atoms with Crippen molar-refractivity contribution in [1.82, 2.24) is 9.88 Å². The van der Waals surface area contributed by atoms with Gasteiger partial charge in [0.05, 0.1) is 12.2 Å². The Morgan fingerprint density at radius 1 is 1.24 bits per heavy atom. The maximum atomic E-state index is 5.54. The van der Waals surface area contributed by atoms with Gasteiger partial charge in [0.25, 0.3) is 0 Å². The van der Waals surface area contributed by atoms with Gasteiger partial charge in [-0.2, -0.15) is 0 Å². The zero-order valence-corrected chi connectivity index (χ0v) is 11.6. The van der Waals surface area contributed by atoms with E-state index in [-0.39, 0.29) is 0 Å². The Hall–Kier alpha value is -1.13. The molecule has 2 rings (SSSR count). The van der Waals surface area contributed by atoms with Crippen molar-refractivity contribution in [2.45, 2.75) is 20.0 Å². The van der Waals surface area contributed by atoms with Crippen molar-refractivity contribution in [2.75, 3.05) is 7.05 Å². The molecule has 2 heterocycles. The third-order valence-electron chi connectivity index (χ3n) is 2.44. The first-order valence-electron chi connectivity index (χ1n) is 5.48. The number of furan rings is 1. The molecule has 0 spiro atoms. The first-order valence-corrected chi connectivity index (χ1v) is 6.27. The molecule has 90 valence electrons. The number of halogens is 1. The monoisotopic (exact) mass is 294 g/mol. The lowest BCUT2D eigenvalue weighted by Crippen LogP contribution is -2.17. The summed E-state index contributed by atoms with van der Waals surface area (Å²) in [4.78, 5) is 6.52. The van der Waals surface area contributed by atoms with Crippen molar-refractivity contribution in [3.63, 3.8) is 0 Å². The smallest absolute Gasteiger partial charge is 0.118 e. The Labute approximate surface area is 110 Å². The predicted octanol–water partition coefficient (Wildman–Crippen LogP) is 3.38. The van der Waals surface area contributed by atoms with Crippen molar-refractivity contribution in [2.24, 2.45) is 0 Å². The quantitative estimate of drug-likeness (QED) is 0.866. The third kappa shape index (κ3) is 3.68. The van der Waals surface area contributed by atoms with Crippen LogP contribution in [0, 0.1) is 6.92 Å². The van der Waals surface area contributed by atoms with Crippen LogP contribution in [0.3, 0.4) is 0 Å². The molecule has 0 amide bonds. The first kappa shape index (κ1) is 12.3. The fourth-order valence-corrected chi connectivity index (χ4v) is 1.90. The van der Waals surface area contributed by atoms with Crippen LogP contribution in [-0.4, -0.2) is 16.9 Å². The van der Waals surface area contributed by atoms with E-state index in [4.69, 9.17) is 4.42 Å². The molecule has 0 bridgehead atoms. The van der Waals surface area contributed by atoms with Crippen molar-refractivity contribution in [3.05, 3.63) is 52.1 Å². The van der Waals surface area contributed by atoms with Crippen LogP contribution in [0.25, 0.3) is 0 Å². The van der Waals surface area contributed by atoms with E-state index < -0.39 is 0 Å². The van der Waals surface area contributed by atoms with E-state index in [9.17, 15) is 0 Å². The Kier molecular flexibility index (Phi) is 3.97. The molecule has 0 aliphatic heterocycles. The van der Waals surface area contributed by atoms with Crippen LogP contribution in [0.4, 0.5) is 0 Å². The maximum absolute atomic E-state index is 5.54. The van der Waals surface area contributed by atoms with Gasteiger partial charge in [-0.05, 0) is 54.2 Å². The summed E-state index contributed by atoms with van der Waals surface area (Å²) in [6, 6.07) is 8.03. The minimum Gasteiger partial charge on any atom is -0.465 e. The molecule has 0 fully saturated rings. The molecule has 2 aromatic heterocycles. The first-order chi connectivity index (χ1) is 8.13. The van der Waals surface area contributed by atoms with Crippen molar-refractivity contribution >= 4 is 15.9 Å². The van der Waals surface area contributed by atoms with Gasteiger partial charge in [0.1, 0.15) is 11.5 Å². The van der Waals surface area contributed by atoms with Crippen LogP contribution in [-0.2, 0) is 13.1 Å². The average Bonchev–Trinajstić information content (AvgIpc) is 2.67. The summed E-state index contributed by atoms with van der Waals surface area (Å²) in [7, 11) is 2.06. The summed E-state index contributed by atoms with van der Waals surface area (Å²) >= 11 is 3.38. The molecular formula is C13H15BrN2O. The van der Waals surface area contributed by atoms with Gasteiger partial charge in [0.15, 0.2) is 0 Å². The molecule has 0 saturated heterocycles. The number of nitrogens with zero attached hydrogens (tertiary/aromatic N) is 2. The Balaban J connectivity index is 1.93. The summed E-state index contributed by atoms with van der Waals surface area (Å²) in [5.74, 6) is 1.94. The van der Waals surface area contributed by atoms with E-state index in [2.05, 4.69) is 32.9 Å². The minimum atomic E-state index is 0.797. The zero-order chi connectivity index (χ0) is 12.3. The number of pyridine rings is 1. The Morgan fingerprint density at radius 2 is 2.06 bits per heavy atom. The number of hydrogen-bond acceptors (Lipinski definition) is 3. The second-order valence-corrected chi connectivity index (χ2v) is 5.07. The molecule has 0 saturated carbocycles. The summed E-state index contributed by atoms with van der Waals surface area (Å²) in [6.45, 7) is 3.57. The number of aryl methyl sites for hydroxylation is 1. The third-order valence-corrected chi connectivity index (χ3v) is 2.91. The average molecular weight is 295 g/mol. The van der Waals surface area contributed by atoms with E-state index in [1.807, 2.05) is 37.4 Å². The lowest BCUT2D eigenvalue weighted by atomic mass is 10.3. The molecule has 0 aliphatic rings. The molecule has 3 nitrogen and oxygen atoms in total. The molecule has 0 aliphatic carbocycles. The second kappa shape index (κ2) is 5.47. The topological polar surface area (TPSA) is 29.3 Å². The van der Waals surface area contributed by atoms with Crippen LogP contribution >= 0.6 is 15.9 Å². The van der Waals surface area contributed by atoms with E-state index in [0.29, 0.717) is 0 Å². The SMILES string of the molecule is Cc1ccc(CN(C)Cc2ccc(Br)cn2)o1. The van der Waals surface area contributed by atoms with Crippen LogP contribution in [0.2, 0.25) is 0 Å². The number of hydrogen-bond donors (Lipinski definition) is 0. The summed E-state index contributed by atoms with van der Waals surface area (Å²) in [5, 5.41) is 0. The second-order valence-electron chi connectivity index (χ2n) is 4.15. The number of rotatable bonds is 4. The molecule has 0 atom stereocenters. The van der Waals surface area contributed by atoms with Gasteiger partial charge in [-0.25, -0.2) is 0 Å². The predicted molar refractivity (Wildman–Crippen MR) is 70.6 cm³/mol. The highest BCUT2D eigenvalue weighted by Gasteiger charge is 2.05. The zero-order valence-electron chi connectivity index (χ0n) is 9.98. The highest BCUT2D eigenvalue weighted by atomic mass is 79.9. The van der Waals surface area contributed by atoms with Crippen LogP contribution in [0.5, 0.6) is 0 Å². The number of aromatic nitrogens is 1.